The second-order valence-electron chi connectivity index (χ2n) is 6.92. The van der Waals surface area contributed by atoms with Crippen LogP contribution in [-0.4, -0.2) is 56.9 Å². The van der Waals surface area contributed by atoms with Gasteiger partial charge in [-0.05, 0) is 32.1 Å². The van der Waals surface area contributed by atoms with Gasteiger partial charge in [-0.3, -0.25) is 4.79 Å². The highest BCUT2D eigenvalue weighted by Gasteiger charge is 2.36. The Morgan fingerprint density at radius 1 is 1.11 bits per heavy atom. The van der Waals surface area contributed by atoms with E-state index in [4.69, 9.17) is 9.84 Å². The average molecular weight is 395 g/mol. The number of aliphatic hydroxyl groups excluding tert-OH is 3. The average Bonchev–Trinajstić information content (AvgIpc) is 3.03. The molecule has 4 N–H and O–H groups in total. The van der Waals surface area contributed by atoms with Crippen molar-refractivity contribution in [3.05, 3.63) is 48.6 Å². The molecule has 0 aromatic rings. The number of aliphatic carboxylic acids is 1. The van der Waals surface area contributed by atoms with Crippen molar-refractivity contribution in [1.82, 2.24) is 0 Å². The molecule has 0 radical (unpaired) electrons. The minimum atomic E-state index is -0.901. The number of rotatable bonds is 13. The summed E-state index contributed by atoms with van der Waals surface area (Å²) in [6.45, 7) is 2.08. The fourth-order valence-electron chi connectivity index (χ4n) is 2.87. The van der Waals surface area contributed by atoms with Gasteiger partial charge in [0.25, 0.3) is 0 Å². The van der Waals surface area contributed by atoms with E-state index in [2.05, 4.69) is 19.1 Å². The molecule has 28 heavy (non-hydrogen) atoms. The second kappa shape index (κ2) is 14.3. The van der Waals surface area contributed by atoms with Gasteiger partial charge in [-0.25, -0.2) is 0 Å². The molecule has 0 aliphatic carbocycles. The topological polar surface area (TPSA) is 107 Å². The summed E-state index contributed by atoms with van der Waals surface area (Å²) in [6.07, 6.45) is 15.2. The molecule has 5 atom stereocenters. The predicted octanol–water partition coefficient (Wildman–Crippen LogP) is 2.90. The van der Waals surface area contributed by atoms with E-state index in [1.807, 2.05) is 12.2 Å². The van der Waals surface area contributed by atoms with Crippen LogP contribution in [0, 0.1) is 0 Å². The van der Waals surface area contributed by atoms with Gasteiger partial charge in [-0.1, -0.05) is 55.5 Å². The zero-order chi connectivity index (χ0) is 20.8. The van der Waals surface area contributed by atoms with Crippen molar-refractivity contribution < 1.29 is 30.0 Å². The largest absolute Gasteiger partial charge is 0.481 e. The van der Waals surface area contributed by atoms with E-state index < -0.39 is 30.4 Å². The van der Waals surface area contributed by atoms with E-state index in [1.165, 1.54) is 12.2 Å². The molecule has 0 amide bonds. The number of aliphatic hydroxyl groups is 3. The van der Waals surface area contributed by atoms with Gasteiger partial charge in [0.15, 0.2) is 0 Å². The number of ether oxygens (including phenoxy) is 1. The zero-order valence-electron chi connectivity index (χ0n) is 16.6. The SMILES string of the molecule is CC/C=C\C/C=C\C[C@H]1O[C@H]([C@H](O)/C=C/[C@H](O)C/C=C\CCC(=O)O)C[C@H]1O. The Hall–Kier alpha value is -1.73. The lowest BCUT2D eigenvalue weighted by atomic mass is 10.0. The molecular weight excluding hydrogens is 360 g/mol. The number of carboxylic acid groups (broad SMARTS) is 1. The Morgan fingerprint density at radius 3 is 2.57 bits per heavy atom. The van der Waals surface area contributed by atoms with Gasteiger partial charge in [0.1, 0.15) is 0 Å². The fraction of sp³-hybridized carbons (Fsp3) is 0.591. The van der Waals surface area contributed by atoms with Crippen LogP contribution in [-0.2, 0) is 9.53 Å². The van der Waals surface area contributed by atoms with Crippen LogP contribution in [0.1, 0.15) is 51.9 Å². The molecule has 1 fully saturated rings. The van der Waals surface area contributed by atoms with Crippen molar-refractivity contribution in [3.8, 4) is 0 Å². The van der Waals surface area contributed by atoms with E-state index in [0.717, 1.165) is 12.8 Å². The van der Waals surface area contributed by atoms with Crippen LogP contribution in [0.2, 0.25) is 0 Å². The number of carbonyl (C=O) groups is 1. The molecular formula is C22H34O6. The first-order valence-corrected chi connectivity index (χ1v) is 9.98. The molecule has 0 saturated carbocycles. The summed E-state index contributed by atoms with van der Waals surface area (Å²) in [5.74, 6) is -0.853. The highest BCUT2D eigenvalue weighted by atomic mass is 16.5. The fourth-order valence-corrected chi connectivity index (χ4v) is 2.87. The molecule has 0 spiro atoms. The number of hydrogen-bond donors (Lipinski definition) is 4. The zero-order valence-corrected chi connectivity index (χ0v) is 16.6. The predicted molar refractivity (Wildman–Crippen MR) is 109 cm³/mol. The molecule has 6 heteroatoms. The Balaban J connectivity index is 2.33. The van der Waals surface area contributed by atoms with E-state index in [1.54, 1.807) is 12.2 Å². The summed E-state index contributed by atoms with van der Waals surface area (Å²) in [7, 11) is 0. The summed E-state index contributed by atoms with van der Waals surface area (Å²) in [5.41, 5.74) is 0. The lowest BCUT2D eigenvalue weighted by Crippen LogP contribution is -2.24. The van der Waals surface area contributed by atoms with Crippen molar-refractivity contribution >= 4 is 5.97 Å². The molecule has 1 aliphatic rings. The van der Waals surface area contributed by atoms with E-state index >= 15 is 0 Å². The lowest BCUT2D eigenvalue weighted by molar-refractivity contribution is -0.136. The van der Waals surface area contributed by atoms with Crippen molar-refractivity contribution in [3.63, 3.8) is 0 Å². The maximum Gasteiger partial charge on any atom is 0.303 e. The quantitative estimate of drug-likeness (QED) is 0.358. The summed E-state index contributed by atoms with van der Waals surface area (Å²) in [6, 6.07) is 0. The van der Waals surface area contributed by atoms with Crippen LogP contribution in [0.5, 0.6) is 0 Å². The van der Waals surface area contributed by atoms with Gasteiger partial charge < -0.3 is 25.2 Å². The van der Waals surface area contributed by atoms with Gasteiger partial charge in [0.2, 0.25) is 0 Å². The Kier molecular flexibility index (Phi) is 12.4. The summed E-state index contributed by atoms with van der Waals surface area (Å²) in [5, 5.41) is 38.8. The monoisotopic (exact) mass is 394 g/mol. The van der Waals surface area contributed by atoms with Crippen molar-refractivity contribution in [2.24, 2.45) is 0 Å². The van der Waals surface area contributed by atoms with Crippen LogP contribution in [0.15, 0.2) is 48.6 Å². The van der Waals surface area contributed by atoms with Crippen molar-refractivity contribution in [2.75, 3.05) is 0 Å². The maximum absolute atomic E-state index is 10.4. The molecule has 0 aromatic heterocycles. The first-order chi connectivity index (χ1) is 13.4. The minimum absolute atomic E-state index is 0.0638. The van der Waals surface area contributed by atoms with E-state index in [-0.39, 0.29) is 12.5 Å². The van der Waals surface area contributed by atoms with Gasteiger partial charge >= 0.3 is 5.97 Å². The molecule has 1 aliphatic heterocycles. The lowest BCUT2D eigenvalue weighted by Gasteiger charge is -2.16. The van der Waals surface area contributed by atoms with Gasteiger partial charge in [0.05, 0.1) is 30.5 Å². The van der Waals surface area contributed by atoms with Crippen LogP contribution in [0.3, 0.4) is 0 Å². The third-order valence-electron chi connectivity index (χ3n) is 4.44. The minimum Gasteiger partial charge on any atom is -0.481 e. The highest BCUT2D eigenvalue weighted by Crippen LogP contribution is 2.26. The van der Waals surface area contributed by atoms with Crippen molar-refractivity contribution in [2.45, 2.75) is 82.4 Å². The van der Waals surface area contributed by atoms with E-state index in [9.17, 15) is 20.1 Å². The number of hydrogen-bond acceptors (Lipinski definition) is 5. The normalized spacial score (nSPS) is 25.5. The van der Waals surface area contributed by atoms with Crippen LogP contribution < -0.4 is 0 Å². The Bertz CT molecular complexity index is 551. The van der Waals surface area contributed by atoms with E-state index in [0.29, 0.717) is 25.7 Å². The van der Waals surface area contributed by atoms with Crippen LogP contribution in [0.4, 0.5) is 0 Å². The number of carboxylic acids is 1. The van der Waals surface area contributed by atoms with Crippen LogP contribution >= 0.6 is 0 Å². The summed E-state index contributed by atoms with van der Waals surface area (Å²) < 4.78 is 5.76. The molecule has 1 saturated heterocycles. The summed E-state index contributed by atoms with van der Waals surface area (Å²) in [4.78, 5) is 10.4. The summed E-state index contributed by atoms with van der Waals surface area (Å²) >= 11 is 0. The first kappa shape index (κ1) is 24.3. The Labute approximate surface area is 167 Å². The molecule has 158 valence electrons. The standard InChI is InChI=1S/C22H34O6/c1-2-3-4-5-6-9-12-20-19(25)16-21(28-20)18(24)15-14-17(23)11-8-7-10-13-22(26)27/h3-4,6-9,14-15,17-21,23-25H,2,5,10-13,16H2,1H3,(H,26,27)/b4-3-,8-7-,9-6-,15-14+/t17-,18-,19-,20-,21+/m1/s1. The molecule has 1 rings (SSSR count). The van der Waals surface area contributed by atoms with Gasteiger partial charge in [-0.15, -0.1) is 0 Å². The molecule has 0 unspecified atom stereocenters. The smallest absolute Gasteiger partial charge is 0.303 e. The number of allylic oxidation sites excluding steroid dienone is 4. The highest BCUT2D eigenvalue weighted by molar-refractivity contribution is 5.66. The first-order valence-electron chi connectivity index (χ1n) is 9.98. The molecule has 6 nitrogen and oxygen atoms in total. The molecule has 1 heterocycles. The third-order valence-corrected chi connectivity index (χ3v) is 4.44. The second-order valence-corrected chi connectivity index (χ2v) is 6.92. The van der Waals surface area contributed by atoms with Crippen LogP contribution in [0.25, 0.3) is 0 Å². The van der Waals surface area contributed by atoms with Gasteiger partial charge in [-0.2, -0.15) is 0 Å². The maximum atomic E-state index is 10.4. The molecule has 0 aromatic carbocycles. The van der Waals surface area contributed by atoms with Gasteiger partial charge in [0, 0.05) is 12.8 Å². The van der Waals surface area contributed by atoms with Crippen molar-refractivity contribution in [1.29, 1.82) is 0 Å². The Morgan fingerprint density at radius 2 is 1.86 bits per heavy atom. The molecule has 0 bridgehead atoms. The third kappa shape index (κ3) is 10.6.